The smallest absolute Gasteiger partial charge is 0.281 e. The molecule has 2 aromatic heterocycles. The zero-order valence-corrected chi connectivity index (χ0v) is 23.4. The molecule has 6 bridgehead atoms. The number of aryl methyl sites for hydroxylation is 2. The number of hydrogen-bond acceptors (Lipinski definition) is 8. The Balaban J connectivity index is 1.32. The Morgan fingerprint density at radius 3 is 2.67 bits per heavy atom. The number of nitrogens with zero attached hydrogens (tertiary/aromatic N) is 5. The van der Waals surface area contributed by atoms with Crippen molar-refractivity contribution >= 4 is 56.5 Å². The van der Waals surface area contributed by atoms with Gasteiger partial charge in [-0.2, -0.15) is 22.0 Å². The van der Waals surface area contributed by atoms with Crippen molar-refractivity contribution in [1.29, 1.82) is 0 Å². The maximum Gasteiger partial charge on any atom is 0.281 e. The standard InChI is InChI=1S/C26H31ClN8O3S/c1-34(2)39(37,38)35-9-7-17(8-10-35)12-24(36)32-23-6-5-20-13-19(23)4-3-18-11-21(15-28-14-18)31-26-29-16-22(27)25(30-20)33-26/h5-6,11,13-17H,3-4,7-10,12H2,1-2H3,(H,32,36)(H2,29,30,31,33). The molecule has 2 aliphatic heterocycles. The van der Waals surface area contributed by atoms with E-state index in [1.807, 2.05) is 30.5 Å². The summed E-state index contributed by atoms with van der Waals surface area (Å²) in [5.41, 5.74) is 4.29. The van der Waals surface area contributed by atoms with Crippen LogP contribution in [0.4, 0.5) is 28.8 Å². The highest BCUT2D eigenvalue weighted by Gasteiger charge is 2.30. The van der Waals surface area contributed by atoms with E-state index in [2.05, 4.69) is 30.9 Å². The minimum Gasteiger partial charge on any atom is -0.339 e. The highest BCUT2D eigenvalue weighted by atomic mass is 35.5. The Hall–Kier alpha value is -3.32. The van der Waals surface area contributed by atoms with E-state index in [1.165, 1.54) is 28.9 Å². The maximum absolute atomic E-state index is 13.0. The number of rotatable bonds is 5. The zero-order valence-electron chi connectivity index (χ0n) is 21.8. The molecule has 39 heavy (non-hydrogen) atoms. The van der Waals surface area contributed by atoms with Gasteiger partial charge in [-0.05, 0) is 67.0 Å². The van der Waals surface area contributed by atoms with Crippen molar-refractivity contribution < 1.29 is 13.2 Å². The molecule has 2 aliphatic rings. The van der Waals surface area contributed by atoms with Gasteiger partial charge in [-0.1, -0.05) is 11.6 Å². The summed E-state index contributed by atoms with van der Waals surface area (Å²) < 4.78 is 27.5. The minimum absolute atomic E-state index is 0.0832. The van der Waals surface area contributed by atoms with Gasteiger partial charge in [-0.15, -0.1) is 0 Å². The molecule has 0 radical (unpaired) electrons. The van der Waals surface area contributed by atoms with Gasteiger partial charge in [0.1, 0.15) is 5.02 Å². The van der Waals surface area contributed by atoms with Crippen molar-refractivity contribution in [2.75, 3.05) is 43.1 Å². The van der Waals surface area contributed by atoms with Gasteiger partial charge in [0, 0.05) is 51.2 Å². The fraction of sp³-hybridized carbons (Fsp3) is 0.385. The lowest BCUT2D eigenvalue weighted by Crippen LogP contribution is -2.44. The van der Waals surface area contributed by atoms with Crippen molar-refractivity contribution in [3.05, 3.63) is 59.0 Å². The number of benzene rings is 1. The van der Waals surface area contributed by atoms with Crippen LogP contribution < -0.4 is 16.0 Å². The van der Waals surface area contributed by atoms with E-state index in [0.717, 1.165) is 28.2 Å². The lowest BCUT2D eigenvalue weighted by atomic mass is 9.94. The largest absolute Gasteiger partial charge is 0.339 e. The summed E-state index contributed by atoms with van der Waals surface area (Å²) in [4.78, 5) is 26.1. The molecule has 0 saturated carbocycles. The summed E-state index contributed by atoms with van der Waals surface area (Å²) >= 11 is 6.35. The van der Waals surface area contributed by atoms with Crippen molar-refractivity contribution in [2.45, 2.75) is 32.1 Å². The molecule has 0 atom stereocenters. The van der Waals surface area contributed by atoms with E-state index in [4.69, 9.17) is 11.6 Å². The molecular formula is C26H31ClN8O3S. The van der Waals surface area contributed by atoms with Crippen LogP contribution in [-0.2, 0) is 27.8 Å². The van der Waals surface area contributed by atoms with Gasteiger partial charge in [-0.25, -0.2) is 4.98 Å². The van der Waals surface area contributed by atoms with E-state index in [9.17, 15) is 13.2 Å². The third-order valence-electron chi connectivity index (χ3n) is 6.96. The van der Waals surface area contributed by atoms with Crippen LogP contribution in [0.5, 0.6) is 0 Å². The summed E-state index contributed by atoms with van der Waals surface area (Å²) in [5.74, 6) is 0.900. The van der Waals surface area contributed by atoms with Crippen molar-refractivity contribution in [2.24, 2.45) is 5.92 Å². The topological polar surface area (TPSA) is 132 Å². The molecule has 4 heterocycles. The molecule has 0 aliphatic carbocycles. The normalized spacial score (nSPS) is 16.3. The minimum atomic E-state index is -3.43. The second kappa shape index (κ2) is 11.4. The van der Waals surface area contributed by atoms with E-state index < -0.39 is 10.2 Å². The third-order valence-corrected chi connectivity index (χ3v) is 9.17. The highest BCUT2D eigenvalue weighted by molar-refractivity contribution is 7.86. The van der Waals surface area contributed by atoms with E-state index >= 15 is 0 Å². The Kier molecular flexibility index (Phi) is 7.98. The molecule has 1 saturated heterocycles. The number of piperidine rings is 1. The number of carbonyl (C=O) groups excluding carboxylic acids is 1. The number of aromatic nitrogens is 3. The average molecular weight is 571 g/mol. The quantitative estimate of drug-likeness (QED) is 0.420. The SMILES string of the molecule is CN(C)S(=O)(=O)N1CCC(CC(=O)Nc2ccc3cc2CCc2cncc(c2)Nc2ncc(Cl)c(n2)N3)CC1. The predicted octanol–water partition coefficient (Wildman–Crippen LogP) is 3.96. The van der Waals surface area contributed by atoms with Crippen LogP contribution in [-0.4, -0.2) is 65.1 Å². The summed E-state index contributed by atoms with van der Waals surface area (Å²) in [6.45, 7) is 0.832. The van der Waals surface area contributed by atoms with Crippen LogP contribution in [0, 0.1) is 5.92 Å². The second-order valence-corrected chi connectivity index (χ2v) is 12.5. The molecule has 5 rings (SSSR count). The Morgan fingerprint density at radius 1 is 1.10 bits per heavy atom. The Labute approximate surface area is 233 Å². The fourth-order valence-electron chi connectivity index (χ4n) is 4.79. The van der Waals surface area contributed by atoms with Gasteiger partial charge in [0.25, 0.3) is 10.2 Å². The van der Waals surface area contributed by atoms with Crippen LogP contribution >= 0.6 is 11.6 Å². The number of amides is 1. The van der Waals surface area contributed by atoms with E-state index in [0.29, 0.717) is 62.0 Å². The number of nitrogens with one attached hydrogen (secondary N) is 3. The van der Waals surface area contributed by atoms with E-state index in [-0.39, 0.29) is 11.8 Å². The van der Waals surface area contributed by atoms with Gasteiger partial charge in [0.05, 0.1) is 18.1 Å². The average Bonchev–Trinajstić information content (AvgIpc) is 2.91. The Bertz CT molecular complexity index is 1480. The van der Waals surface area contributed by atoms with Gasteiger partial charge in [0.2, 0.25) is 11.9 Å². The molecule has 11 nitrogen and oxygen atoms in total. The van der Waals surface area contributed by atoms with Crippen molar-refractivity contribution in [3.63, 3.8) is 0 Å². The van der Waals surface area contributed by atoms with Crippen LogP contribution in [0.3, 0.4) is 0 Å². The first-order valence-corrected chi connectivity index (χ1v) is 14.6. The number of hydrogen-bond donors (Lipinski definition) is 3. The first kappa shape index (κ1) is 27.3. The molecule has 3 N–H and O–H groups in total. The van der Waals surface area contributed by atoms with E-state index in [1.54, 1.807) is 6.20 Å². The van der Waals surface area contributed by atoms with Crippen molar-refractivity contribution in [1.82, 2.24) is 23.6 Å². The van der Waals surface area contributed by atoms with Crippen LogP contribution in [0.25, 0.3) is 0 Å². The van der Waals surface area contributed by atoms with Crippen LogP contribution in [0.2, 0.25) is 5.02 Å². The molecule has 0 unspecified atom stereocenters. The lowest BCUT2D eigenvalue weighted by Gasteiger charge is -2.32. The van der Waals surface area contributed by atoms with Gasteiger partial charge in [0.15, 0.2) is 5.82 Å². The molecule has 0 spiro atoms. The number of anilines is 5. The molecule has 1 amide bonds. The summed E-state index contributed by atoms with van der Waals surface area (Å²) in [6, 6.07) is 7.74. The fourth-order valence-corrected chi connectivity index (χ4v) is 6.06. The van der Waals surface area contributed by atoms with Crippen molar-refractivity contribution in [3.8, 4) is 0 Å². The molecule has 13 heteroatoms. The first-order chi connectivity index (χ1) is 18.7. The van der Waals surface area contributed by atoms with Crippen LogP contribution in [0.1, 0.15) is 30.4 Å². The van der Waals surface area contributed by atoms with Crippen LogP contribution in [0.15, 0.2) is 42.9 Å². The molecular weight excluding hydrogens is 540 g/mol. The number of pyridine rings is 1. The Morgan fingerprint density at radius 2 is 1.90 bits per heavy atom. The van der Waals surface area contributed by atoms with Gasteiger partial charge < -0.3 is 16.0 Å². The summed E-state index contributed by atoms with van der Waals surface area (Å²) in [6.07, 6.45) is 8.09. The zero-order chi connectivity index (χ0) is 27.6. The molecule has 206 valence electrons. The summed E-state index contributed by atoms with van der Waals surface area (Å²) in [7, 11) is -0.364. The molecule has 1 fully saturated rings. The predicted molar refractivity (Wildman–Crippen MR) is 152 cm³/mol. The molecule has 1 aromatic carbocycles. The second-order valence-electron chi connectivity index (χ2n) is 9.98. The monoisotopic (exact) mass is 570 g/mol. The maximum atomic E-state index is 13.0. The summed E-state index contributed by atoms with van der Waals surface area (Å²) in [5, 5.41) is 9.90. The first-order valence-electron chi connectivity index (χ1n) is 12.8. The van der Waals surface area contributed by atoms with Gasteiger partial charge >= 0.3 is 0 Å². The lowest BCUT2D eigenvalue weighted by molar-refractivity contribution is -0.117. The third kappa shape index (κ3) is 6.47. The van der Waals surface area contributed by atoms with Gasteiger partial charge in [-0.3, -0.25) is 9.78 Å². The highest BCUT2D eigenvalue weighted by Crippen LogP contribution is 2.30. The number of halogens is 1. The number of fused-ring (bicyclic) bond motifs is 6. The number of carbonyl (C=O) groups is 1. The molecule has 3 aromatic rings.